The Morgan fingerprint density at radius 1 is 1.03 bits per heavy atom. The normalized spacial score (nSPS) is 17.1. The first-order valence-corrected chi connectivity index (χ1v) is 12.2. The molecule has 1 unspecified atom stereocenters. The summed E-state index contributed by atoms with van der Waals surface area (Å²) in [6.07, 6.45) is 0.442. The number of carbonyl (C=O) groups is 2. The Kier molecular flexibility index (Phi) is 7.53. The van der Waals surface area contributed by atoms with Gasteiger partial charge in [-0.3, -0.25) is 9.59 Å². The van der Waals surface area contributed by atoms with Crippen LogP contribution in [0.15, 0.2) is 78.4 Å². The molecule has 0 aromatic heterocycles. The Hall–Kier alpha value is -3.93. The predicted octanol–water partition coefficient (Wildman–Crippen LogP) is 6.01. The van der Waals surface area contributed by atoms with Crippen molar-refractivity contribution in [2.24, 2.45) is 0 Å². The minimum absolute atomic E-state index is 0.0594. The number of ether oxygens (including phenoxy) is 1. The molecule has 1 aliphatic rings. The Balaban J connectivity index is 1.77. The van der Waals surface area contributed by atoms with Crippen molar-refractivity contribution in [1.29, 1.82) is 0 Å². The molecule has 36 heavy (non-hydrogen) atoms. The summed E-state index contributed by atoms with van der Waals surface area (Å²) in [5.41, 5.74) is 3.00. The third-order valence-electron chi connectivity index (χ3n) is 6.41. The van der Waals surface area contributed by atoms with Crippen LogP contribution in [-0.4, -0.2) is 34.8 Å². The molecule has 1 amide bonds. The molecule has 6 heteroatoms. The van der Waals surface area contributed by atoms with E-state index in [-0.39, 0.29) is 29.6 Å². The van der Waals surface area contributed by atoms with Crippen LogP contribution >= 0.6 is 0 Å². The Bertz CT molecular complexity index is 1280. The van der Waals surface area contributed by atoms with Crippen LogP contribution in [0.4, 0.5) is 4.39 Å². The second-order valence-electron chi connectivity index (χ2n) is 9.12. The summed E-state index contributed by atoms with van der Waals surface area (Å²) in [5.74, 6) is -1.08. The third-order valence-corrected chi connectivity index (χ3v) is 6.41. The van der Waals surface area contributed by atoms with E-state index in [9.17, 15) is 19.1 Å². The number of amides is 1. The lowest BCUT2D eigenvalue weighted by atomic mass is 9.93. The van der Waals surface area contributed by atoms with Crippen LogP contribution in [0.25, 0.3) is 5.76 Å². The second kappa shape index (κ2) is 10.8. The molecule has 3 aromatic rings. The van der Waals surface area contributed by atoms with Crippen LogP contribution in [0.1, 0.15) is 55.0 Å². The van der Waals surface area contributed by atoms with E-state index in [1.54, 1.807) is 24.3 Å². The number of ketones is 1. The van der Waals surface area contributed by atoms with E-state index in [1.165, 1.54) is 17.0 Å². The van der Waals surface area contributed by atoms with Gasteiger partial charge in [-0.25, -0.2) is 4.39 Å². The molecular formula is C30H30FNO4. The third kappa shape index (κ3) is 5.03. The maximum absolute atomic E-state index is 13.3. The van der Waals surface area contributed by atoms with Gasteiger partial charge in [-0.1, -0.05) is 56.3 Å². The highest BCUT2D eigenvalue weighted by molar-refractivity contribution is 6.46. The molecule has 1 N–H and O–H groups in total. The fraction of sp³-hybridized carbons (Fsp3) is 0.267. The molecule has 1 aliphatic heterocycles. The monoisotopic (exact) mass is 487 g/mol. The van der Waals surface area contributed by atoms with E-state index >= 15 is 0 Å². The number of aliphatic hydroxyl groups is 1. The van der Waals surface area contributed by atoms with Crippen LogP contribution in [0, 0.1) is 5.82 Å². The number of Topliss-reactive ketones (excluding diaryl/α,β-unsaturated/α-hetero) is 1. The van der Waals surface area contributed by atoms with Gasteiger partial charge in [-0.05, 0) is 66.3 Å². The molecule has 0 radical (unpaired) electrons. The molecule has 1 atom stereocenters. The number of carbonyl (C=O) groups excluding carboxylic acids is 2. The fourth-order valence-corrected chi connectivity index (χ4v) is 4.58. The van der Waals surface area contributed by atoms with E-state index < -0.39 is 17.7 Å². The second-order valence-corrected chi connectivity index (χ2v) is 9.12. The summed E-state index contributed by atoms with van der Waals surface area (Å²) < 4.78 is 19.1. The van der Waals surface area contributed by atoms with Crippen LogP contribution in [0.3, 0.4) is 0 Å². The number of benzene rings is 3. The quantitative estimate of drug-likeness (QED) is 0.240. The highest BCUT2D eigenvalue weighted by Crippen LogP contribution is 2.40. The van der Waals surface area contributed by atoms with Crippen molar-refractivity contribution in [2.45, 2.75) is 39.2 Å². The number of likely N-dealkylation sites (tertiary alicyclic amines) is 1. The molecular weight excluding hydrogens is 457 g/mol. The summed E-state index contributed by atoms with van der Waals surface area (Å²) in [5, 5.41) is 11.4. The van der Waals surface area contributed by atoms with Gasteiger partial charge in [0.25, 0.3) is 11.7 Å². The molecule has 3 aromatic carbocycles. The van der Waals surface area contributed by atoms with Crippen molar-refractivity contribution in [3.8, 4) is 5.75 Å². The maximum Gasteiger partial charge on any atom is 0.295 e. The minimum Gasteiger partial charge on any atom is -0.507 e. The SMILES string of the molecule is CCOc1ccc(/C(O)=C2/C(=O)C(=O)N(CCc3ccc(F)cc3)C2c2ccccc2)cc1C(C)C. The average molecular weight is 488 g/mol. The fourth-order valence-electron chi connectivity index (χ4n) is 4.58. The molecule has 1 saturated heterocycles. The molecule has 0 spiro atoms. The molecule has 1 fully saturated rings. The maximum atomic E-state index is 13.3. The van der Waals surface area contributed by atoms with Gasteiger partial charge in [0.1, 0.15) is 17.3 Å². The summed E-state index contributed by atoms with van der Waals surface area (Å²) >= 11 is 0. The van der Waals surface area contributed by atoms with Crippen LogP contribution < -0.4 is 4.74 Å². The van der Waals surface area contributed by atoms with E-state index in [1.807, 2.05) is 57.2 Å². The first kappa shape index (κ1) is 25.2. The lowest BCUT2D eigenvalue weighted by molar-refractivity contribution is -0.139. The smallest absolute Gasteiger partial charge is 0.295 e. The van der Waals surface area contributed by atoms with Crippen LogP contribution in [0.5, 0.6) is 5.75 Å². The standard InChI is InChI=1S/C30H30FNO4/c1-4-36-25-15-12-22(18-24(25)19(2)3)28(33)26-27(21-8-6-5-7-9-21)32(30(35)29(26)34)17-16-20-10-13-23(31)14-11-20/h5-15,18-19,27,33H,4,16-17H2,1-3H3/b28-26-. The largest absolute Gasteiger partial charge is 0.507 e. The van der Waals surface area contributed by atoms with E-state index in [4.69, 9.17) is 4.74 Å². The molecule has 5 nitrogen and oxygen atoms in total. The lowest BCUT2D eigenvalue weighted by Crippen LogP contribution is -2.31. The lowest BCUT2D eigenvalue weighted by Gasteiger charge is -2.25. The van der Waals surface area contributed by atoms with Gasteiger partial charge in [0.05, 0.1) is 18.2 Å². The van der Waals surface area contributed by atoms with Crippen molar-refractivity contribution in [2.75, 3.05) is 13.2 Å². The number of hydrogen-bond donors (Lipinski definition) is 1. The minimum atomic E-state index is -0.735. The molecule has 0 bridgehead atoms. The zero-order valence-electron chi connectivity index (χ0n) is 20.7. The topological polar surface area (TPSA) is 66.8 Å². The number of halogens is 1. The van der Waals surface area contributed by atoms with Gasteiger partial charge in [0.2, 0.25) is 0 Å². The van der Waals surface area contributed by atoms with E-state index in [0.717, 1.165) is 22.4 Å². The Labute approximate surface area is 210 Å². The molecule has 4 rings (SSSR count). The van der Waals surface area contributed by atoms with Crippen molar-refractivity contribution in [1.82, 2.24) is 4.90 Å². The van der Waals surface area contributed by atoms with Crippen molar-refractivity contribution in [3.63, 3.8) is 0 Å². The number of rotatable bonds is 8. The van der Waals surface area contributed by atoms with Crippen molar-refractivity contribution < 1.29 is 23.8 Å². The van der Waals surface area contributed by atoms with Gasteiger partial charge >= 0.3 is 0 Å². The summed E-state index contributed by atoms with van der Waals surface area (Å²) in [6.45, 7) is 6.72. The van der Waals surface area contributed by atoms with Crippen molar-refractivity contribution in [3.05, 3.63) is 106 Å². The number of aliphatic hydroxyl groups excluding tert-OH is 1. The Morgan fingerprint density at radius 3 is 2.36 bits per heavy atom. The van der Waals surface area contributed by atoms with E-state index in [0.29, 0.717) is 18.6 Å². The van der Waals surface area contributed by atoms with Gasteiger partial charge in [0, 0.05) is 12.1 Å². The van der Waals surface area contributed by atoms with Gasteiger partial charge in [0.15, 0.2) is 0 Å². The van der Waals surface area contributed by atoms with E-state index in [2.05, 4.69) is 0 Å². The first-order valence-electron chi connectivity index (χ1n) is 12.2. The molecule has 0 saturated carbocycles. The Morgan fingerprint density at radius 2 is 1.72 bits per heavy atom. The van der Waals surface area contributed by atoms with Gasteiger partial charge < -0.3 is 14.7 Å². The highest BCUT2D eigenvalue weighted by atomic mass is 19.1. The predicted molar refractivity (Wildman–Crippen MR) is 137 cm³/mol. The van der Waals surface area contributed by atoms with Crippen LogP contribution in [-0.2, 0) is 16.0 Å². The first-order chi connectivity index (χ1) is 17.3. The van der Waals surface area contributed by atoms with Crippen molar-refractivity contribution >= 4 is 17.4 Å². The van der Waals surface area contributed by atoms with Crippen LogP contribution in [0.2, 0.25) is 0 Å². The highest BCUT2D eigenvalue weighted by Gasteiger charge is 2.45. The molecule has 0 aliphatic carbocycles. The summed E-state index contributed by atoms with van der Waals surface area (Å²) in [4.78, 5) is 27.9. The zero-order chi connectivity index (χ0) is 25.8. The van der Waals surface area contributed by atoms with Gasteiger partial charge in [-0.2, -0.15) is 0 Å². The average Bonchev–Trinajstić information content (AvgIpc) is 3.13. The zero-order valence-corrected chi connectivity index (χ0v) is 20.7. The molecule has 1 heterocycles. The molecule has 186 valence electrons. The summed E-state index contributed by atoms with van der Waals surface area (Å²) in [7, 11) is 0. The summed E-state index contributed by atoms with van der Waals surface area (Å²) in [6, 6.07) is 19.9. The number of hydrogen-bond acceptors (Lipinski definition) is 4. The van der Waals surface area contributed by atoms with Gasteiger partial charge in [-0.15, -0.1) is 0 Å². The number of nitrogens with zero attached hydrogens (tertiary/aromatic N) is 1.